The summed E-state index contributed by atoms with van der Waals surface area (Å²) in [5, 5.41) is 12.3. The molecule has 1 N–H and O–H groups in total. The summed E-state index contributed by atoms with van der Waals surface area (Å²) in [5.41, 5.74) is 1.31. The fourth-order valence-electron chi connectivity index (χ4n) is 4.79. The van der Waals surface area contributed by atoms with Crippen LogP contribution in [0, 0.1) is 11.8 Å². The van der Waals surface area contributed by atoms with E-state index in [1.807, 2.05) is 11.0 Å². The molecule has 28 heavy (non-hydrogen) atoms. The van der Waals surface area contributed by atoms with Gasteiger partial charge in [0.05, 0.1) is 12.0 Å². The van der Waals surface area contributed by atoms with Gasteiger partial charge in [-0.05, 0) is 37.3 Å². The van der Waals surface area contributed by atoms with Crippen LogP contribution in [-0.2, 0) is 4.79 Å². The molecule has 1 aromatic heterocycles. The first-order valence-electron chi connectivity index (χ1n) is 10.6. The summed E-state index contributed by atoms with van der Waals surface area (Å²) in [4.78, 5) is 14.4. The van der Waals surface area contributed by atoms with Crippen molar-refractivity contribution in [2.75, 3.05) is 19.6 Å². The Balaban J connectivity index is 1.24. The number of hydrogen-bond donors (Lipinski definition) is 1. The number of benzene rings is 1. The highest BCUT2D eigenvalue weighted by Gasteiger charge is 2.47. The first-order valence-corrected chi connectivity index (χ1v) is 10.6. The van der Waals surface area contributed by atoms with E-state index in [1.165, 1.54) is 5.56 Å². The van der Waals surface area contributed by atoms with Crippen LogP contribution in [0.2, 0.25) is 0 Å². The first kappa shape index (κ1) is 17.9. The average molecular weight is 380 g/mol. The predicted molar refractivity (Wildman–Crippen MR) is 105 cm³/mol. The fraction of sp³-hybridized carbons (Fsp3) is 0.591. The zero-order chi connectivity index (χ0) is 19.1. The van der Waals surface area contributed by atoms with Gasteiger partial charge in [0.2, 0.25) is 17.7 Å². The second-order valence-electron chi connectivity index (χ2n) is 8.52. The summed E-state index contributed by atoms with van der Waals surface area (Å²) in [6.45, 7) is 4.57. The minimum atomic E-state index is 0.0620. The van der Waals surface area contributed by atoms with E-state index in [-0.39, 0.29) is 17.9 Å². The number of amides is 1. The second kappa shape index (κ2) is 7.32. The molecular formula is C22H28N4O2. The van der Waals surface area contributed by atoms with Gasteiger partial charge in [0.15, 0.2) is 0 Å². The third-order valence-corrected chi connectivity index (χ3v) is 6.72. The van der Waals surface area contributed by atoms with Crippen LogP contribution in [0.3, 0.4) is 0 Å². The standard InChI is InChI=1S/C22H28N4O2/c1-2-14-11-18(14)22(27)26-12-16(13-26)20-24-25-21(28-20)19-17(9-6-10-23-19)15-7-4-3-5-8-15/h3-5,7-8,14,16-19,23H,2,6,9-13H2,1H3/t14?,17-,18?,19-/m0/s1. The lowest BCUT2D eigenvalue weighted by Crippen LogP contribution is -2.49. The number of likely N-dealkylation sites (tertiary alicyclic amines) is 1. The molecule has 1 aromatic carbocycles. The number of carbonyl (C=O) groups excluding carboxylic acids is 1. The lowest BCUT2D eigenvalue weighted by molar-refractivity contribution is -0.137. The molecule has 3 aliphatic rings. The second-order valence-corrected chi connectivity index (χ2v) is 8.52. The Morgan fingerprint density at radius 3 is 2.75 bits per heavy atom. The Morgan fingerprint density at radius 1 is 1.21 bits per heavy atom. The molecule has 2 aromatic rings. The molecule has 148 valence electrons. The zero-order valence-corrected chi connectivity index (χ0v) is 16.4. The van der Waals surface area contributed by atoms with E-state index in [0.29, 0.717) is 42.6 Å². The summed E-state index contributed by atoms with van der Waals surface area (Å²) in [6, 6.07) is 10.6. The molecule has 0 spiro atoms. The van der Waals surface area contributed by atoms with Crippen molar-refractivity contribution in [1.82, 2.24) is 20.4 Å². The van der Waals surface area contributed by atoms with Crippen LogP contribution in [-0.4, -0.2) is 40.6 Å². The first-order chi connectivity index (χ1) is 13.7. The maximum Gasteiger partial charge on any atom is 0.234 e. The van der Waals surface area contributed by atoms with Crippen LogP contribution in [0.5, 0.6) is 0 Å². The van der Waals surface area contributed by atoms with Crippen LogP contribution in [0.15, 0.2) is 34.7 Å². The Morgan fingerprint density at radius 2 is 2.00 bits per heavy atom. The van der Waals surface area contributed by atoms with Gasteiger partial charge < -0.3 is 14.6 Å². The molecule has 0 bridgehead atoms. The van der Waals surface area contributed by atoms with Crippen molar-refractivity contribution < 1.29 is 9.21 Å². The molecular weight excluding hydrogens is 352 g/mol. The molecule has 1 amide bonds. The van der Waals surface area contributed by atoms with E-state index in [9.17, 15) is 4.79 Å². The van der Waals surface area contributed by atoms with Crippen molar-refractivity contribution in [3.63, 3.8) is 0 Å². The van der Waals surface area contributed by atoms with Crippen LogP contribution < -0.4 is 5.32 Å². The van der Waals surface area contributed by atoms with E-state index in [0.717, 1.165) is 32.2 Å². The number of piperidine rings is 1. The lowest BCUT2D eigenvalue weighted by atomic mass is 9.85. The van der Waals surface area contributed by atoms with Gasteiger partial charge in [-0.25, -0.2) is 0 Å². The molecule has 3 heterocycles. The quantitative estimate of drug-likeness (QED) is 0.862. The molecule has 6 heteroatoms. The van der Waals surface area contributed by atoms with Gasteiger partial charge in [-0.3, -0.25) is 4.79 Å². The fourth-order valence-corrected chi connectivity index (χ4v) is 4.79. The van der Waals surface area contributed by atoms with Crippen molar-refractivity contribution >= 4 is 5.91 Å². The van der Waals surface area contributed by atoms with E-state index >= 15 is 0 Å². The molecule has 1 aliphatic carbocycles. The molecule has 6 nitrogen and oxygen atoms in total. The summed E-state index contributed by atoms with van der Waals surface area (Å²) in [7, 11) is 0. The molecule has 2 aliphatic heterocycles. The smallest absolute Gasteiger partial charge is 0.234 e. The number of nitrogens with zero attached hydrogens (tertiary/aromatic N) is 3. The van der Waals surface area contributed by atoms with E-state index in [1.54, 1.807) is 0 Å². The molecule has 1 saturated carbocycles. The van der Waals surface area contributed by atoms with Crippen LogP contribution >= 0.6 is 0 Å². The van der Waals surface area contributed by atoms with Gasteiger partial charge in [0.25, 0.3) is 0 Å². The van der Waals surface area contributed by atoms with Gasteiger partial charge in [-0.15, -0.1) is 10.2 Å². The maximum atomic E-state index is 12.4. The molecule has 2 saturated heterocycles. The highest BCUT2D eigenvalue weighted by molar-refractivity contribution is 5.82. The van der Waals surface area contributed by atoms with Gasteiger partial charge in [-0.2, -0.15) is 0 Å². The van der Waals surface area contributed by atoms with Crippen molar-refractivity contribution in [2.24, 2.45) is 11.8 Å². The van der Waals surface area contributed by atoms with Gasteiger partial charge in [0.1, 0.15) is 0 Å². The number of nitrogens with one attached hydrogen (secondary N) is 1. The van der Waals surface area contributed by atoms with Gasteiger partial charge in [-0.1, -0.05) is 43.7 Å². The highest BCUT2D eigenvalue weighted by atomic mass is 16.4. The number of rotatable bonds is 5. The van der Waals surface area contributed by atoms with Crippen molar-refractivity contribution in [3.05, 3.63) is 47.7 Å². The third-order valence-electron chi connectivity index (χ3n) is 6.72. The molecule has 2 unspecified atom stereocenters. The van der Waals surface area contributed by atoms with Crippen LogP contribution in [0.4, 0.5) is 0 Å². The van der Waals surface area contributed by atoms with E-state index in [2.05, 4.69) is 46.7 Å². The van der Waals surface area contributed by atoms with Crippen LogP contribution in [0.25, 0.3) is 0 Å². The molecule has 5 rings (SSSR count). The van der Waals surface area contributed by atoms with Gasteiger partial charge in [0, 0.05) is 24.9 Å². The summed E-state index contributed by atoms with van der Waals surface area (Å²) < 4.78 is 6.10. The number of hydrogen-bond acceptors (Lipinski definition) is 5. The Kier molecular flexibility index (Phi) is 4.67. The van der Waals surface area contributed by atoms with Crippen molar-refractivity contribution in [1.29, 1.82) is 0 Å². The normalized spacial score (nSPS) is 30.1. The Bertz CT molecular complexity index is 830. The van der Waals surface area contributed by atoms with Gasteiger partial charge >= 0.3 is 0 Å². The predicted octanol–water partition coefficient (Wildman–Crippen LogP) is 3.25. The Hall–Kier alpha value is -2.21. The summed E-state index contributed by atoms with van der Waals surface area (Å²) in [5.74, 6) is 3.09. The maximum absolute atomic E-state index is 12.4. The van der Waals surface area contributed by atoms with E-state index in [4.69, 9.17) is 4.42 Å². The van der Waals surface area contributed by atoms with Crippen LogP contribution in [0.1, 0.15) is 67.8 Å². The topological polar surface area (TPSA) is 71.3 Å². The zero-order valence-electron chi connectivity index (χ0n) is 16.4. The SMILES string of the molecule is CCC1CC1C(=O)N1CC(c2nnc([C@H]3NCCC[C@H]3c3ccccc3)o2)C1. The minimum absolute atomic E-state index is 0.0620. The molecule has 4 atom stereocenters. The monoisotopic (exact) mass is 380 g/mol. The van der Waals surface area contributed by atoms with Crippen molar-refractivity contribution in [3.8, 4) is 0 Å². The lowest BCUT2D eigenvalue weighted by Gasteiger charge is -2.37. The summed E-state index contributed by atoms with van der Waals surface area (Å²) >= 11 is 0. The minimum Gasteiger partial charge on any atom is -0.423 e. The number of carbonyl (C=O) groups is 1. The molecule has 0 radical (unpaired) electrons. The average Bonchev–Trinajstić information content (AvgIpc) is 3.36. The third kappa shape index (κ3) is 3.24. The molecule has 3 fully saturated rings. The van der Waals surface area contributed by atoms with Crippen molar-refractivity contribution in [2.45, 2.75) is 50.5 Å². The highest BCUT2D eigenvalue weighted by Crippen LogP contribution is 2.44. The Labute approximate surface area is 165 Å². The van der Waals surface area contributed by atoms with E-state index < -0.39 is 0 Å². The number of aromatic nitrogens is 2. The summed E-state index contributed by atoms with van der Waals surface area (Å²) in [6.07, 6.45) is 4.44. The largest absolute Gasteiger partial charge is 0.423 e.